The molecule has 38 heavy (non-hydrogen) atoms. The largest absolute Gasteiger partial charge is 1.00 e. The van der Waals surface area contributed by atoms with Crippen molar-refractivity contribution < 1.29 is 46.7 Å². The lowest BCUT2D eigenvalue weighted by molar-refractivity contribution is -0.145. The Hall–Kier alpha value is -2.20. The molecule has 1 saturated heterocycles. The van der Waals surface area contributed by atoms with Crippen LogP contribution < -0.4 is 29.0 Å². The Kier molecular flexibility index (Phi) is 8.71. The Labute approximate surface area is 246 Å². The average Bonchev–Trinajstić information content (AvgIpc) is 3.47. The zero-order chi connectivity index (χ0) is 26.3. The second kappa shape index (κ2) is 11.5. The number of halogens is 2. The summed E-state index contributed by atoms with van der Waals surface area (Å²) in [5.41, 5.74) is 2.10. The van der Waals surface area contributed by atoms with Crippen molar-refractivity contribution in [2.75, 3.05) is 26.2 Å². The number of aromatic amines is 1. The summed E-state index contributed by atoms with van der Waals surface area (Å²) in [7, 11) is -3.93. The summed E-state index contributed by atoms with van der Waals surface area (Å²) in [5.74, 6) is -0.862. The van der Waals surface area contributed by atoms with Gasteiger partial charge in [-0.1, -0.05) is 11.6 Å². The standard InChI is InChI=1S/C24H24ClN5O5S2.HI/c1-3-35-22(31)11-17-13-29(37(33,34)21-10-15-9-16(25)4-5-18(15)27-21)6-7-30(17)24(32)23-28-19-8-14(2)26-12-20(19)36-23;/h4-5,8-10,12,17,27H,3,6-7,11,13H2,1-2H3;1H/q+1;/p-1. The highest BCUT2D eigenvalue weighted by atomic mass is 127. The van der Waals surface area contributed by atoms with Crippen LogP contribution in [-0.4, -0.2) is 76.8 Å². The summed E-state index contributed by atoms with van der Waals surface area (Å²) in [6.45, 7) is 3.82. The van der Waals surface area contributed by atoms with Gasteiger partial charge in [0.1, 0.15) is 9.92 Å². The fourth-order valence-corrected chi connectivity index (χ4v) is 6.94. The number of pyridine rings is 1. The maximum atomic E-state index is 13.5. The predicted molar refractivity (Wildman–Crippen MR) is 140 cm³/mol. The molecule has 0 bridgehead atoms. The van der Waals surface area contributed by atoms with Gasteiger partial charge in [-0.25, -0.2) is 8.42 Å². The van der Waals surface area contributed by atoms with Gasteiger partial charge in [0, 0.05) is 65.3 Å². The Morgan fingerprint density at radius 2 is 2.05 bits per heavy atom. The molecule has 0 saturated carbocycles. The molecule has 2 aliphatic rings. The fourth-order valence-electron chi connectivity index (χ4n) is 4.40. The van der Waals surface area contributed by atoms with Crippen molar-refractivity contribution in [1.29, 1.82) is 0 Å². The molecule has 1 fully saturated rings. The molecule has 0 spiro atoms. The molecule has 1 unspecified atom stereocenters. The van der Waals surface area contributed by atoms with E-state index in [0.717, 1.165) is 10.6 Å². The molecule has 1 amide bonds. The number of piperazine rings is 1. The maximum absolute atomic E-state index is 13.5. The first-order valence-corrected chi connectivity index (χ1v) is 14.3. The van der Waals surface area contributed by atoms with Gasteiger partial charge in [-0.3, -0.25) is 14.6 Å². The van der Waals surface area contributed by atoms with E-state index in [1.54, 1.807) is 37.4 Å². The lowest BCUT2D eigenvalue weighted by Gasteiger charge is -2.39. The number of rotatable bonds is 6. The van der Waals surface area contributed by atoms with E-state index >= 15 is 0 Å². The van der Waals surface area contributed by atoms with Crippen molar-refractivity contribution >= 4 is 66.9 Å². The number of nitrogens with zero attached hydrogens (tertiary/aromatic N) is 4. The summed E-state index contributed by atoms with van der Waals surface area (Å²) < 4.78 is 33.4. The highest BCUT2D eigenvalue weighted by molar-refractivity contribution is 8.16. The summed E-state index contributed by atoms with van der Waals surface area (Å²) >= 11 is 7.27. The molecule has 1 N–H and O–H groups in total. The Bertz CT molecular complexity index is 1540. The van der Waals surface area contributed by atoms with Gasteiger partial charge in [0.15, 0.2) is 0 Å². The van der Waals surface area contributed by atoms with Gasteiger partial charge >= 0.3 is 16.9 Å². The molecule has 1 aromatic carbocycles. The fraction of sp³-hybridized carbons (Fsp3) is 0.333. The van der Waals surface area contributed by atoms with Gasteiger partial charge in [0.2, 0.25) is 0 Å². The molecular formula is C24H24ClIN5O5S2. The van der Waals surface area contributed by atoms with Gasteiger partial charge in [0.25, 0.3) is 15.7 Å². The van der Waals surface area contributed by atoms with Crippen LogP contribution in [-0.2, 0) is 24.3 Å². The topological polar surface area (TPSA) is 127 Å². The zero-order valence-corrected chi connectivity index (χ0v) is 25.0. The first-order valence-electron chi connectivity index (χ1n) is 11.6. The van der Waals surface area contributed by atoms with Crippen molar-refractivity contribution in [3.8, 4) is 0 Å². The van der Waals surface area contributed by atoms with E-state index in [0.29, 0.717) is 21.6 Å². The van der Waals surface area contributed by atoms with Crippen LogP contribution in [0.25, 0.3) is 10.9 Å². The van der Waals surface area contributed by atoms with Gasteiger partial charge in [-0.15, -0.1) is 0 Å². The van der Waals surface area contributed by atoms with Crippen LogP contribution in [0, 0.1) is 6.92 Å². The molecule has 1 radical (unpaired) electrons. The average molecular weight is 689 g/mol. The number of carbonyl (C=O) groups is 2. The number of carbonyl (C=O) groups excluding carboxylic acids is 2. The molecule has 3 aromatic rings. The predicted octanol–water partition coefficient (Wildman–Crippen LogP) is -0.145. The molecule has 2 aromatic heterocycles. The second-order valence-corrected chi connectivity index (χ2v) is 12.1. The number of esters is 1. The molecule has 14 heteroatoms. The normalized spacial score (nSPS) is 17.6. The van der Waals surface area contributed by atoms with E-state index in [-0.39, 0.29) is 72.6 Å². The first kappa shape index (κ1) is 28.8. The second-order valence-electron chi connectivity index (χ2n) is 8.70. The third kappa shape index (κ3) is 5.71. The van der Waals surface area contributed by atoms with Gasteiger partial charge in [0.05, 0.1) is 24.1 Å². The van der Waals surface area contributed by atoms with Gasteiger partial charge < -0.3 is 38.6 Å². The molecule has 1 atom stereocenters. The number of nitrogens with one attached hydrogen (secondary N) is 1. The Balaban J connectivity index is 0.00000336. The van der Waals surface area contributed by atoms with Gasteiger partial charge in [-0.05, 0) is 38.1 Å². The van der Waals surface area contributed by atoms with Crippen LogP contribution in [0.2, 0.25) is 5.02 Å². The minimum Gasteiger partial charge on any atom is -1.00 e. The maximum Gasteiger partial charge on any atom is 0.381 e. The highest BCUT2D eigenvalue weighted by Crippen LogP contribution is 2.34. The number of ether oxygens (including phenoxy) is 1. The third-order valence-electron chi connectivity index (χ3n) is 6.18. The highest BCUT2D eigenvalue weighted by Gasteiger charge is 2.44. The van der Waals surface area contributed by atoms with Crippen molar-refractivity contribution in [3.63, 3.8) is 0 Å². The van der Waals surface area contributed by atoms with Gasteiger partial charge in [-0.2, -0.15) is 4.31 Å². The molecule has 10 nitrogen and oxygen atoms in total. The molecule has 4 heterocycles. The quantitative estimate of drug-likeness (QED) is 0.282. The number of hydrogen-bond acceptors (Lipinski definition) is 8. The van der Waals surface area contributed by atoms with Crippen LogP contribution in [0.15, 0.2) is 46.5 Å². The van der Waals surface area contributed by atoms with Crippen LogP contribution in [0.3, 0.4) is 0 Å². The zero-order valence-electron chi connectivity index (χ0n) is 20.5. The van der Waals surface area contributed by atoms with Crippen LogP contribution >= 0.6 is 23.4 Å². The number of benzene rings is 1. The summed E-state index contributed by atoms with van der Waals surface area (Å²) in [6, 6.07) is 7.69. The van der Waals surface area contributed by atoms with Crippen molar-refractivity contribution in [2.45, 2.75) is 36.2 Å². The molecule has 2 aliphatic heterocycles. The lowest BCUT2D eigenvalue weighted by Crippen LogP contribution is -3.00. The van der Waals surface area contributed by atoms with E-state index in [1.165, 1.54) is 27.0 Å². The Morgan fingerprint density at radius 3 is 2.82 bits per heavy atom. The number of amides is 1. The van der Waals surface area contributed by atoms with Crippen LogP contribution in [0.4, 0.5) is 5.69 Å². The lowest BCUT2D eigenvalue weighted by atomic mass is 10.1. The number of fused-ring (bicyclic) bond motifs is 2. The molecule has 0 aliphatic carbocycles. The monoisotopic (exact) mass is 688 g/mol. The van der Waals surface area contributed by atoms with Crippen LogP contribution in [0.1, 0.15) is 19.0 Å². The number of H-pyrrole nitrogens is 1. The number of aromatic nitrogens is 2. The minimum atomic E-state index is -3.93. The summed E-state index contributed by atoms with van der Waals surface area (Å²) in [6.07, 6.45) is 1.53. The number of sulfonamides is 1. The number of aryl methyl sites for hydroxylation is 1. The first-order chi connectivity index (χ1) is 17.7. The van der Waals surface area contributed by atoms with Crippen molar-refractivity contribution in [2.24, 2.45) is 0 Å². The smallest absolute Gasteiger partial charge is 0.381 e. The van der Waals surface area contributed by atoms with E-state index < -0.39 is 22.0 Å². The van der Waals surface area contributed by atoms with Crippen molar-refractivity contribution in [3.05, 3.63) is 47.2 Å². The van der Waals surface area contributed by atoms with Crippen molar-refractivity contribution in [1.82, 2.24) is 24.2 Å². The SMILES string of the molecule is CCOC(=O)CC1CN(S(=O)(=O)c2cc3cc(Cl)ccc3[nH]2)CCN1C(=O)C1=[N+]c2cc(C)ncc2S1.[I-]. The summed E-state index contributed by atoms with van der Waals surface area (Å²) in [4.78, 5) is 39.9. The Morgan fingerprint density at radius 1 is 1.26 bits per heavy atom. The number of aliphatic imine (C=N–C) groups is 1. The van der Waals surface area contributed by atoms with E-state index in [2.05, 4.69) is 15.0 Å². The van der Waals surface area contributed by atoms with E-state index in [1.807, 2.05) is 6.92 Å². The number of hydrogen-bond donors (Lipinski definition) is 1. The minimum absolute atomic E-state index is 0. The molecule has 5 rings (SSSR count). The number of thioether (sulfide) groups is 1. The third-order valence-corrected chi connectivity index (χ3v) is 9.20. The molecular weight excluding hydrogens is 665 g/mol. The van der Waals surface area contributed by atoms with E-state index in [9.17, 15) is 18.0 Å². The van der Waals surface area contributed by atoms with E-state index in [4.69, 9.17) is 16.3 Å². The molecule has 201 valence electrons. The van der Waals surface area contributed by atoms with Crippen LogP contribution in [0.5, 0.6) is 0 Å². The summed E-state index contributed by atoms with van der Waals surface area (Å²) in [5, 5.41) is 1.45.